The van der Waals surface area contributed by atoms with E-state index in [0.717, 1.165) is 10.1 Å². The van der Waals surface area contributed by atoms with Gasteiger partial charge in [-0.15, -0.1) is 12.9 Å². The predicted molar refractivity (Wildman–Crippen MR) is 80.4 cm³/mol. The molecule has 0 spiro atoms. The van der Waals surface area contributed by atoms with E-state index in [2.05, 4.69) is 19.0 Å². The third kappa shape index (κ3) is 4.59. The maximum Gasteiger partial charge on any atom is 0.358 e. The smallest absolute Gasteiger partial charge is 0.358 e. The number of nitrogens with zero attached hydrogens (tertiary/aromatic N) is 2. The van der Waals surface area contributed by atoms with Crippen molar-refractivity contribution in [3.8, 4) is 5.75 Å². The van der Waals surface area contributed by atoms with Crippen molar-refractivity contribution in [1.82, 2.24) is 9.55 Å². The van der Waals surface area contributed by atoms with Crippen molar-refractivity contribution in [3.63, 3.8) is 0 Å². The van der Waals surface area contributed by atoms with Crippen molar-refractivity contribution in [2.75, 3.05) is 6.61 Å². The first kappa shape index (κ1) is 19.3. The van der Waals surface area contributed by atoms with Gasteiger partial charge in [0.25, 0.3) is 0 Å². The molecule has 2 aromatic rings. The second-order valence-corrected chi connectivity index (χ2v) is 4.43. The second kappa shape index (κ2) is 8.74. The van der Waals surface area contributed by atoms with Crippen LogP contribution in [-0.2, 0) is 44.1 Å². The summed E-state index contributed by atoms with van der Waals surface area (Å²) in [6, 6.07) is 9.26. The zero-order valence-electron chi connectivity index (χ0n) is 12.8. The molecule has 0 aliphatic rings. The van der Waals surface area contributed by atoms with Gasteiger partial charge in [0.15, 0.2) is 17.0 Å². The Morgan fingerprint density at radius 2 is 1.96 bits per heavy atom. The first-order valence-electron chi connectivity index (χ1n) is 6.68. The fourth-order valence-electron chi connectivity index (χ4n) is 1.78. The molecule has 1 aromatic carbocycles. The van der Waals surface area contributed by atoms with E-state index in [4.69, 9.17) is 9.47 Å². The molecule has 0 aliphatic carbocycles. The van der Waals surface area contributed by atoms with Crippen molar-refractivity contribution >= 4 is 5.97 Å². The maximum absolute atomic E-state index is 12.2. The maximum atomic E-state index is 12.2. The van der Waals surface area contributed by atoms with Crippen LogP contribution in [0.3, 0.4) is 0 Å². The summed E-state index contributed by atoms with van der Waals surface area (Å²) in [4.78, 5) is 28.1. The molecule has 1 heterocycles. The van der Waals surface area contributed by atoms with Gasteiger partial charge >= 0.3 is 5.97 Å². The normalized spacial score (nSPS) is 9.78. The van der Waals surface area contributed by atoms with E-state index in [9.17, 15) is 9.59 Å². The van der Waals surface area contributed by atoms with E-state index in [-0.39, 0.29) is 63.2 Å². The molecule has 0 amide bonds. The van der Waals surface area contributed by atoms with E-state index in [1.54, 1.807) is 6.92 Å². The van der Waals surface area contributed by atoms with Crippen LogP contribution in [0.1, 0.15) is 28.8 Å². The number of ether oxygens (including phenoxy) is 2. The van der Waals surface area contributed by atoms with Crippen LogP contribution in [0.4, 0.5) is 0 Å². The number of aromatic nitrogens is 2. The number of carbonyl (C=O) groups is 1. The van der Waals surface area contributed by atoms with E-state index >= 15 is 0 Å². The van der Waals surface area contributed by atoms with Crippen LogP contribution in [0.2, 0.25) is 0 Å². The zero-order chi connectivity index (χ0) is 16.1. The summed E-state index contributed by atoms with van der Waals surface area (Å²) < 4.78 is 11.4. The van der Waals surface area contributed by atoms with E-state index in [1.165, 1.54) is 0 Å². The summed E-state index contributed by atoms with van der Waals surface area (Å²) in [6.07, 6.45) is 0. The molecule has 0 fully saturated rings. The van der Waals surface area contributed by atoms with Gasteiger partial charge in [0.1, 0.15) is 6.61 Å². The Morgan fingerprint density at radius 1 is 1.30 bits per heavy atom. The van der Waals surface area contributed by atoms with Gasteiger partial charge in [0.05, 0.1) is 6.61 Å². The zero-order valence-corrected chi connectivity index (χ0v) is 15.7. The first-order chi connectivity index (χ1) is 10.5. The monoisotopic (exact) mass is 389 g/mol. The number of rotatable bonds is 5. The van der Waals surface area contributed by atoms with Gasteiger partial charge in [-0.3, -0.25) is 0 Å². The molecule has 1 radical (unpaired) electrons. The largest absolute Gasteiger partial charge is 0.494 e. The molecule has 2 rings (SSSR count). The number of hydrogen-bond acceptors (Lipinski definition) is 5. The number of esters is 1. The Hall–Kier alpha value is -1.79. The van der Waals surface area contributed by atoms with Crippen molar-refractivity contribution in [2.45, 2.75) is 13.5 Å². The Kier molecular flexibility index (Phi) is 7.32. The quantitative estimate of drug-likeness (QED) is 0.577. The Balaban J connectivity index is 0.00000264. The van der Waals surface area contributed by atoms with Crippen molar-refractivity contribution in [1.29, 1.82) is 0 Å². The number of carbonyl (C=O) groups excluding carboxylic acids is 1. The molecule has 0 N–H and O–H groups in total. The van der Waals surface area contributed by atoms with Crippen LogP contribution in [0, 0.1) is 14.0 Å². The SMILES string of the molecule is [CH2-]c1nc(C(=O)OCC)c(OCc2ccccc2)c(=O)n1[CH2-].[Y]. The predicted octanol–water partition coefficient (Wildman–Crippen LogP) is 1.82. The van der Waals surface area contributed by atoms with Gasteiger partial charge in [-0.05, 0) is 12.5 Å². The molecule has 0 aliphatic heterocycles. The van der Waals surface area contributed by atoms with Gasteiger partial charge in [-0.1, -0.05) is 30.3 Å². The van der Waals surface area contributed by atoms with Gasteiger partial charge in [-0.2, -0.15) is 0 Å². The molecule has 0 atom stereocenters. The minimum absolute atomic E-state index is 0. The van der Waals surface area contributed by atoms with Crippen LogP contribution in [0.5, 0.6) is 5.75 Å². The van der Waals surface area contributed by atoms with E-state index in [0.29, 0.717) is 0 Å². The third-order valence-electron chi connectivity index (χ3n) is 2.90. The second-order valence-electron chi connectivity index (χ2n) is 4.43. The summed E-state index contributed by atoms with van der Waals surface area (Å²) in [7, 11) is 3.53. The molecular formula is C16H16N2O4Y-2. The fourth-order valence-corrected chi connectivity index (χ4v) is 1.78. The van der Waals surface area contributed by atoms with Crippen LogP contribution >= 0.6 is 0 Å². The summed E-state index contributed by atoms with van der Waals surface area (Å²) in [6.45, 7) is 5.52. The van der Waals surface area contributed by atoms with E-state index < -0.39 is 11.5 Å². The average Bonchev–Trinajstić information content (AvgIpc) is 2.52. The molecule has 7 heteroatoms. The number of benzene rings is 1. The molecule has 0 unspecified atom stereocenters. The van der Waals surface area contributed by atoms with Crippen molar-refractivity contribution in [2.24, 2.45) is 0 Å². The Morgan fingerprint density at radius 3 is 2.57 bits per heavy atom. The van der Waals surface area contributed by atoms with E-state index in [1.807, 2.05) is 30.3 Å². The molecule has 0 saturated carbocycles. The van der Waals surface area contributed by atoms with Gasteiger partial charge < -0.3 is 30.7 Å². The van der Waals surface area contributed by atoms with Crippen LogP contribution in [0.25, 0.3) is 0 Å². The topological polar surface area (TPSA) is 70.4 Å². The molecule has 0 saturated heterocycles. The molecule has 23 heavy (non-hydrogen) atoms. The average molecular weight is 389 g/mol. The Labute approximate surface area is 159 Å². The third-order valence-corrected chi connectivity index (χ3v) is 2.90. The minimum Gasteiger partial charge on any atom is -0.494 e. The molecule has 119 valence electrons. The molecule has 1 aromatic heterocycles. The Bertz CT molecular complexity index is 729. The van der Waals surface area contributed by atoms with Crippen molar-refractivity contribution < 1.29 is 47.0 Å². The summed E-state index contributed by atoms with van der Waals surface area (Å²) in [5, 5.41) is 0. The van der Waals surface area contributed by atoms with Crippen LogP contribution in [0.15, 0.2) is 35.1 Å². The van der Waals surface area contributed by atoms with Crippen LogP contribution in [-0.4, -0.2) is 22.1 Å². The molecule has 6 nitrogen and oxygen atoms in total. The van der Waals surface area contributed by atoms with Gasteiger partial charge in [-0.25, -0.2) is 4.79 Å². The minimum atomic E-state index is -0.729. The summed E-state index contributed by atoms with van der Waals surface area (Å²) in [5.74, 6) is -0.863. The standard InChI is InChI=1S/C16H16N2O4.Y/c1-4-21-16(20)13-14(15(19)18(3)11(2)17-13)22-10-12-8-6-5-7-9-12;/h5-9H,2-4,10H2,1H3;/q-2;. The molecule has 0 bridgehead atoms. The number of hydrogen-bond donors (Lipinski definition) is 0. The van der Waals surface area contributed by atoms with Crippen molar-refractivity contribution in [3.05, 3.63) is 71.7 Å². The molecular weight excluding hydrogens is 373 g/mol. The summed E-state index contributed by atoms with van der Waals surface area (Å²) >= 11 is 0. The summed E-state index contributed by atoms with van der Waals surface area (Å²) in [5.41, 5.74) is 0.0812. The van der Waals surface area contributed by atoms with Gasteiger partial charge in [0, 0.05) is 32.7 Å². The fraction of sp³-hybridized carbons (Fsp3) is 0.188. The van der Waals surface area contributed by atoms with Gasteiger partial charge in [0.2, 0.25) is 0 Å². The first-order valence-corrected chi connectivity index (χ1v) is 6.68. The van der Waals surface area contributed by atoms with Crippen LogP contribution < -0.4 is 10.3 Å².